The lowest BCUT2D eigenvalue weighted by atomic mass is 10.0. The quantitative estimate of drug-likeness (QED) is 0.829. The predicted octanol–water partition coefficient (Wildman–Crippen LogP) is 2.83. The van der Waals surface area contributed by atoms with Crippen LogP contribution in [0.25, 0.3) is 0 Å². The van der Waals surface area contributed by atoms with Crippen LogP contribution < -0.4 is 5.32 Å². The molecule has 1 amide bonds. The fourth-order valence-electron chi connectivity index (χ4n) is 2.28. The van der Waals surface area contributed by atoms with E-state index in [0.29, 0.717) is 0 Å². The second-order valence-corrected chi connectivity index (χ2v) is 5.45. The third kappa shape index (κ3) is 4.18. The zero-order valence-electron chi connectivity index (χ0n) is 13.4. The van der Waals surface area contributed by atoms with Crippen LogP contribution in [0.4, 0.5) is 0 Å². The SMILES string of the molecule is COC(=O)CC(NC(=O)c1occc1C(C)C)c1ccncc1. The number of hydrogen-bond acceptors (Lipinski definition) is 5. The van der Waals surface area contributed by atoms with Gasteiger partial charge >= 0.3 is 5.97 Å². The Morgan fingerprint density at radius 1 is 1.26 bits per heavy atom. The fourth-order valence-corrected chi connectivity index (χ4v) is 2.28. The van der Waals surface area contributed by atoms with Gasteiger partial charge in [-0.3, -0.25) is 14.6 Å². The van der Waals surface area contributed by atoms with E-state index in [1.807, 2.05) is 13.8 Å². The zero-order chi connectivity index (χ0) is 16.8. The van der Waals surface area contributed by atoms with Gasteiger partial charge in [-0.1, -0.05) is 13.8 Å². The van der Waals surface area contributed by atoms with Gasteiger partial charge in [0, 0.05) is 18.0 Å². The number of carbonyl (C=O) groups is 2. The van der Waals surface area contributed by atoms with Gasteiger partial charge in [0.25, 0.3) is 5.91 Å². The second kappa shape index (κ2) is 7.58. The number of esters is 1. The molecule has 0 aliphatic carbocycles. The molecule has 2 aromatic rings. The molecule has 0 saturated carbocycles. The maximum atomic E-state index is 12.5. The van der Waals surface area contributed by atoms with Gasteiger partial charge in [0.15, 0.2) is 5.76 Å². The minimum Gasteiger partial charge on any atom is -0.469 e. The molecule has 0 aliphatic rings. The first kappa shape index (κ1) is 16.7. The van der Waals surface area contributed by atoms with E-state index in [2.05, 4.69) is 10.3 Å². The van der Waals surface area contributed by atoms with E-state index in [1.54, 1.807) is 30.6 Å². The van der Waals surface area contributed by atoms with Crippen molar-refractivity contribution in [3.05, 3.63) is 53.7 Å². The van der Waals surface area contributed by atoms with Crippen LogP contribution in [0.3, 0.4) is 0 Å². The molecular formula is C17H20N2O4. The van der Waals surface area contributed by atoms with Crippen molar-refractivity contribution in [2.24, 2.45) is 0 Å². The Bertz CT molecular complexity index is 664. The minimum atomic E-state index is -0.511. The summed E-state index contributed by atoms with van der Waals surface area (Å²) in [6.07, 6.45) is 4.74. The van der Waals surface area contributed by atoms with Gasteiger partial charge in [-0.2, -0.15) is 0 Å². The van der Waals surface area contributed by atoms with Crippen molar-refractivity contribution in [1.82, 2.24) is 10.3 Å². The van der Waals surface area contributed by atoms with Crippen molar-refractivity contribution >= 4 is 11.9 Å². The molecule has 1 N–H and O–H groups in total. The van der Waals surface area contributed by atoms with E-state index in [0.717, 1.165) is 11.1 Å². The van der Waals surface area contributed by atoms with Gasteiger partial charge in [-0.15, -0.1) is 0 Å². The van der Waals surface area contributed by atoms with Crippen LogP contribution in [0.2, 0.25) is 0 Å². The number of pyridine rings is 1. The van der Waals surface area contributed by atoms with E-state index in [-0.39, 0.29) is 24.0 Å². The van der Waals surface area contributed by atoms with Crippen LogP contribution in [-0.4, -0.2) is 24.0 Å². The largest absolute Gasteiger partial charge is 0.469 e. The Labute approximate surface area is 134 Å². The molecule has 0 fully saturated rings. The van der Waals surface area contributed by atoms with Crippen molar-refractivity contribution in [2.75, 3.05) is 7.11 Å². The van der Waals surface area contributed by atoms with Crippen LogP contribution in [0, 0.1) is 0 Å². The highest BCUT2D eigenvalue weighted by molar-refractivity contribution is 5.93. The predicted molar refractivity (Wildman–Crippen MR) is 83.9 cm³/mol. The van der Waals surface area contributed by atoms with Gasteiger partial charge in [-0.05, 0) is 29.7 Å². The van der Waals surface area contributed by atoms with Crippen LogP contribution >= 0.6 is 0 Å². The molecule has 0 radical (unpaired) electrons. The second-order valence-electron chi connectivity index (χ2n) is 5.45. The number of hydrogen-bond donors (Lipinski definition) is 1. The minimum absolute atomic E-state index is 0.0317. The molecule has 0 aromatic carbocycles. The van der Waals surface area contributed by atoms with Crippen molar-refractivity contribution in [2.45, 2.75) is 32.2 Å². The van der Waals surface area contributed by atoms with E-state index in [1.165, 1.54) is 13.4 Å². The third-order valence-corrected chi connectivity index (χ3v) is 3.54. The highest BCUT2D eigenvalue weighted by Gasteiger charge is 2.23. The number of aromatic nitrogens is 1. The van der Waals surface area contributed by atoms with Crippen LogP contribution in [-0.2, 0) is 9.53 Å². The molecular weight excluding hydrogens is 296 g/mol. The summed E-state index contributed by atoms with van der Waals surface area (Å²) in [7, 11) is 1.32. The summed E-state index contributed by atoms with van der Waals surface area (Å²) in [6, 6.07) is 4.77. The molecule has 0 bridgehead atoms. The number of amides is 1. The summed E-state index contributed by atoms with van der Waals surface area (Å²) in [5.41, 5.74) is 1.60. The number of nitrogens with one attached hydrogen (secondary N) is 1. The molecule has 2 heterocycles. The molecule has 0 saturated heterocycles. The topological polar surface area (TPSA) is 81.4 Å². The highest BCUT2D eigenvalue weighted by Crippen LogP contribution is 2.23. The molecule has 2 rings (SSSR count). The zero-order valence-corrected chi connectivity index (χ0v) is 13.4. The summed E-state index contributed by atoms with van der Waals surface area (Å²) in [6.45, 7) is 3.97. The molecule has 6 nitrogen and oxygen atoms in total. The Hall–Kier alpha value is -2.63. The van der Waals surface area contributed by atoms with Crippen LogP contribution in [0.15, 0.2) is 41.3 Å². The average molecular weight is 316 g/mol. The molecule has 0 aliphatic heterocycles. The first-order chi connectivity index (χ1) is 11.0. The van der Waals surface area contributed by atoms with Crippen molar-refractivity contribution in [3.8, 4) is 0 Å². The van der Waals surface area contributed by atoms with Crippen LogP contribution in [0.1, 0.15) is 53.9 Å². The number of carbonyl (C=O) groups excluding carboxylic acids is 2. The van der Waals surface area contributed by atoms with Gasteiger partial charge < -0.3 is 14.5 Å². The van der Waals surface area contributed by atoms with Gasteiger partial charge in [0.05, 0.1) is 25.8 Å². The van der Waals surface area contributed by atoms with Gasteiger partial charge in [-0.25, -0.2) is 0 Å². The van der Waals surface area contributed by atoms with Crippen molar-refractivity contribution in [3.63, 3.8) is 0 Å². The molecule has 23 heavy (non-hydrogen) atoms. The van der Waals surface area contributed by atoms with Crippen molar-refractivity contribution in [1.29, 1.82) is 0 Å². The van der Waals surface area contributed by atoms with E-state index < -0.39 is 12.0 Å². The summed E-state index contributed by atoms with van der Waals surface area (Å²) >= 11 is 0. The fraction of sp³-hybridized carbons (Fsp3) is 0.353. The third-order valence-electron chi connectivity index (χ3n) is 3.54. The molecule has 0 spiro atoms. The van der Waals surface area contributed by atoms with Crippen molar-refractivity contribution < 1.29 is 18.7 Å². The smallest absolute Gasteiger partial charge is 0.307 e. The molecule has 1 atom stereocenters. The van der Waals surface area contributed by atoms with E-state index in [9.17, 15) is 9.59 Å². The summed E-state index contributed by atoms with van der Waals surface area (Å²) in [5, 5.41) is 2.83. The molecule has 122 valence electrons. The summed E-state index contributed by atoms with van der Waals surface area (Å²) < 4.78 is 10.0. The number of nitrogens with zero attached hydrogens (tertiary/aromatic N) is 1. The van der Waals surface area contributed by atoms with Crippen LogP contribution in [0.5, 0.6) is 0 Å². The molecule has 6 heteroatoms. The number of rotatable bonds is 6. The summed E-state index contributed by atoms with van der Waals surface area (Å²) in [5.74, 6) is -0.335. The van der Waals surface area contributed by atoms with Gasteiger partial charge in [0.2, 0.25) is 0 Å². The molecule has 1 unspecified atom stereocenters. The van der Waals surface area contributed by atoms with Gasteiger partial charge in [0.1, 0.15) is 0 Å². The lowest BCUT2D eigenvalue weighted by molar-refractivity contribution is -0.141. The highest BCUT2D eigenvalue weighted by atomic mass is 16.5. The lowest BCUT2D eigenvalue weighted by Crippen LogP contribution is -2.31. The monoisotopic (exact) mass is 316 g/mol. The Balaban J connectivity index is 2.21. The number of methoxy groups -OCH3 is 1. The first-order valence-electron chi connectivity index (χ1n) is 7.38. The van der Waals surface area contributed by atoms with E-state index in [4.69, 9.17) is 9.15 Å². The maximum Gasteiger partial charge on any atom is 0.307 e. The van der Waals surface area contributed by atoms with E-state index >= 15 is 0 Å². The first-order valence-corrected chi connectivity index (χ1v) is 7.38. The Morgan fingerprint density at radius 2 is 1.96 bits per heavy atom. The standard InChI is InChI=1S/C17H20N2O4/c1-11(2)13-6-9-23-16(13)17(21)19-14(10-15(20)22-3)12-4-7-18-8-5-12/h4-9,11,14H,10H2,1-3H3,(H,19,21). The Morgan fingerprint density at radius 3 is 2.57 bits per heavy atom. The average Bonchev–Trinajstić information content (AvgIpc) is 3.05. The molecule has 2 aromatic heterocycles. The number of furan rings is 1. The maximum absolute atomic E-state index is 12.5. The number of ether oxygens (including phenoxy) is 1. The Kier molecular flexibility index (Phi) is 5.51. The normalized spacial score (nSPS) is 12.0. The lowest BCUT2D eigenvalue weighted by Gasteiger charge is -2.18. The summed E-state index contributed by atoms with van der Waals surface area (Å²) in [4.78, 5) is 28.1.